The van der Waals surface area contributed by atoms with Gasteiger partial charge < -0.3 is 20.1 Å². The normalized spacial score (nSPS) is 19.1. The van der Waals surface area contributed by atoms with Crippen molar-refractivity contribution in [1.82, 2.24) is 10.2 Å². The van der Waals surface area contributed by atoms with Gasteiger partial charge in [0.15, 0.2) is 0 Å². The Morgan fingerprint density at radius 1 is 1.29 bits per heavy atom. The maximum absolute atomic E-state index is 8.60. The van der Waals surface area contributed by atoms with Crippen molar-refractivity contribution >= 4 is 0 Å². The van der Waals surface area contributed by atoms with E-state index in [-0.39, 0.29) is 6.61 Å². The maximum atomic E-state index is 8.60. The molecule has 1 aliphatic heterocycles. The molecule has 1 rings (SSSR count). The van der Waals surface area contributed by atoms with Crippen LogP contribution < -0.4 is 5.32 Å². The van der Waals surface area contributed by atoms with Gasteiger partial charge in [0, 0.05) is 12.6 Å². The summed E-state index contributed by atoms with van der Waals surface area (Å²) < 4.78 is 5.29. The molecule has 1 saturated heterocycles. The molecular weight excluding hydrogens is 216 g/mol. The van der Waals surface area contributed by atoms with Crippen molar-refractivity contribution in [3.8, 4) is 0 Å². The summed E-state index contributed by atoms with van der Waals surface area (Å²) in [5.41, 5.74) is 0. The third-order valence-corrected chi connectivity index (χ3v) is 3.31. The van der Waals surface area contributed by atoms with E-state index < -0.39 is 0 Å². The lowest BCUT2D eigenvalue weighted by atomic mass is 9.96. The van der Waals surface area contributed by atoms with Gasteiger partial charge in [0.1, 0.15) is 0 Å². The number of aliphatic hydroxyl groups is 1. The zero-order valence-electron chi connectivity index (χ0n) is 11.3. The van der Waals surface area contributed by atoms with Crippen molar-refractivity contribution in [3.05, 3.63) is 0 Å². The number of nitrogens with one attached hydrogen (secondary N) is 1. The van der Waals surface area contributed by atoms with Crippen LogP contribution in [0.5, 0.6) is 0 Å². The average Bonchev–Trinajstić information content (AvgIpc) is 2.33. The van der Waals surface area contributed by atoms with Crippen LogP contribution >= 0.6 is 0 Å². The van der Waals surface area contributed by atoms with Crippen LogP contribution in [0.1, 0.15) is 26.7 Å². The second kappa shape index (κ2) is 8.86. The summed E-state index contributed by atoms with van der Waals surface area (Å²) in [7, 11) is 0. The van der Waals surface area contributed by atoms with E-state index in [1.54, 1.807) is 0 Å². The van der Waals surface area contributed by atoms with Gasteiger partial charge in [-0.25, -0.2) is 0 Å². The van der Waals surface area contributed by atoms with E-state index >= 15 is 0 Å². The lowest BCUT2D eigenvalue weighted by molar-refractivity contribution is 0.0647. The summed E-state index contributed by atoms with van der Waals surface area (Å²) in [5.74, 6) is 0.840. The number of aliphatic hydroxyl groups excluding tert-OH is 1. The standard InChI is InChI=1S/C13H28N2O2/c1-12(2)14-11-13-3-5-15(6-4-13)7-9-17-10-8-16/h12-14,16H,3-11H2,1-2H3. The number of piperidine rings is 1. The highest BCUT2D eigenvalue weighted by Gasteiger charge is 2.18. The van der Waals surface area contributed by atoms with Crippen LogP contribution in [0.2, 0.25) is 0 Å². The molecule has 1 aliphatic rings. The Morgan fingerprint density at radius 3 is 2.59 bits per heavy atom. The van der Waals surface area contributed by atoms with Crippen LogP contribution in [0.3, 0.4) is 0 Å². The lowest BCUT2D eigenvalue weighted by Crippen LogP contribution is -2.40. The fraction of sp³-hybridized carbons (Fsp3) is 1.00. The van der Waals surface area contributed by atoms with Crippen LogP contribution in [0.4, 0.5) is 0 Å². The quantitative estimate of drug-likeness (QED) is 0.617. The van der Waals surface area contributed by atoms with E-state index in [2.05, 4.69) is 24.1 Å². The van der Waals surface area contributed by atoms with Gasteiger partial charge in [0.05, 0.1) is 19.8 Å². The summed E-state index contributed by atoms with van der Waals surface area (Å²) in [6.45, 7) is 10.3. The number of hydrogen-bond acceptors (Lipinski definition) is 4. The van der Waals surface area contributed by atoms with Gasteiger partial charge in [0.2, 0.25) is 0 Å². The smallest absolute Gasteiger partial charge is 0.0698 e. The average molecular weight is 244 g/mol. The highest BCUT2D eigenvalue weighted by Crippen LogP contribution is 2.16. The molecule has 0 saturated carbocycles. The van der Waals surface area contributed by atoms with Crippen LogP contribution in [0.25, 0.3) is 0 Å². The Morgan fingerprint density at radius 2 is 2.00 bits per heavy atom. The number of hydrogen-bond donors (Lipinski definition) is 2. The second-order valence-corrected chi connectivity index (χ2v) is 5.18. The van der Waals surface area contributed by atoms with Gasteiger partial charge in [-0.1, -0.05) is 13.8 Å². The van der Waals surface area contributed by atoms with E-state index in [0.717, 1.165) is 25.6 Å². The molecule has 0 aromatic heterocycles. The summed E-state index contributed by atoms with van der Waals surface area (Å²) in [4.78, 5) is 2.46. The van der Waals surface area contributed by atoms with Gasteiger partial charge in [-0.05, 0) is 38.4 Å². The second-order valence-electron chi connectivity index (χ2n) is 5.18. The highest BCUT2D eigenvalue weighted by molar-refractivity contribution is 4.74. The van der Waals surface area contributed by atoms with E-state index in [9.17, 15) is 0 Å². The minimum absolute atomic E-state index is 0.128. The van der Waals surface area contributed by atoms with Gasteiger partial charge >= 0.3 is 0 Å². The molecule has 0 spiro atoms. The van der Waals surface area contributed by atoms with E-state index in [1.165, 1.54) is 25.9 Å². The van der Waals surface area contributed by atoms with Crippen molar-refractivity contribution in [3.63, 3.8) is 0 Å². The molecule has 0 aromatic carbocycles. The first-order valence-corrected chi connectivity index (χ1v) is 6.86. The third kappa shape index (κ3) is 6.99. The Balaban J connectivity index is 2.01. The van der Waals surface area contributed by atoms with Crippen LogP contribution in [-0.4, -0.2) is 62.0 Å². The molecule has 2 N–H and O–H groups in total. The molecule has 1 fully saturated rings. The van der Waals surface area contributed by atoms with Crippen molar-refractivity contribution in [2.75, 3.05) is 46.0 Å². The molecule has 0 unspecified atom stereocenters. The lowest BCUT2D eigenvalue weighted by Gasteiger charge is -2.32. The SMILES string of the molecule is CC(C)NCC1CCN(CCOCCO)CC1. The Labute approximate surface area is 105 Å². The predicted molar refractivity (Wildman–Crippen MR) is 70.2 cm³/mol. The zero-order valence-corrected chi connectivity index (χ0v) is 11.3. The summed E-state index contributed by atoms with van der Waals surface area (Å²) >= 11 is 0. The molecule has 0 amide bonds. The van der Waals surface area contributed by atoms with Gasteiger partial charge in [0.25, 0.3) is 0 Å². The van der Waals surface area contributed by atoms with Gasteiger partial charge in [-0.15, -0.1) is 0 Å². The Hall–Kier alpha value is -0.160. The molecule has 0 aliphatic carbocycles. The van der Waals surface area contributed by atoms with Crippen molar-refractivity contribution < 1.29 is 9.84 Å². The van der Waals surface area contributed by atoms with Crippen molar-refractivity contribution in [2.24, 2.45) is 5.92 Å². The molecule has 17 heavy (non-hydrogen) atoms. The predicted octanol–water partition coefficient (Wildman–Crippen LogP) is 0.705. The fourth-order valence-electron chi connectivity index (χ4n) is 2.18. The minimum atomic E-state index is 0.128. The van der Waals surface area contributed by atoms with E-state index in [1.807, 2.05) is 0 Å². The van der Waals surface area contributed by atoms with Crippen LogP contribution in [0.15, 0.2) is 0 Å². The first kappa shape index (κ1) is 14.9. The van der Waals surface area contributed by atoms with Gasteiger partial charge in [-0.3, -0.25) is 0 Å². The third-order valence-electron chi connectivity index (χ3n) is 3.31. The molecule has 0 radical (unpaired) electrons. The van der Waals surface area contributed by atoms with Crippen LogP contribution in [0, 0.1) is 5.92 Å². The van der Waals surface area contributed by atoms with Crippen molar-refractivity contribution in [2.45, 2.75) is 32.7 Å². The van der Waals surface area contributed by atoms with E-state index in [4.69, 9.17) is 9.84 Å². The molecule has 102 valence electrons. The van der Waals surface area contributed by atoms with Crippen LogP contribution in [-0.2, 0) is 4.74 Å². The van der Waals surface area contributed by atoms with E-state index in [0.29, 0.717) is 12.6 Å². The number of ether oxygens (including phenoxy) is 1. The molecule has 4 heteroatoms. The first-order valence-electron chi connectivity index (χ1n) is 6.86. The molecule has 0 aromatic rings. The summed E-state index contributed by atoms with van der Waals surface area (Å²) in [6, 6.07) is 0.597. The van der Waals surface area contributed by atoms with Crippen molar-refractivity contribution in [1.29, 1.82) is 0 Å². The minimum Gasteiger partial charge on any atom is -0.394 e. The molecule has 0 atom stereocenters. The number of nitrogens with zero attached hydrogens (tertiary/aromatic N) is 1. The molecular formula is C13H28N2O2. The summed E-state index contributed by atoms with van der Waals surface area (Å²) in [5, 5.41) is 12.1. The highest BCUT2D eigenvalue weighted by atomic mass is 16.5. The largest absolute Gasteiger partial charge is 0.394 e. The topological polar surface area (TPSA) is 44.7 Å². The molecule has 4 nitrogen and oxygen atoms in total. The molecule has 1 heterocycles. The molecule has 0 bridgehead atoms. The Kier molecular flexibility index (Phi) is 7.77. The zero-order chi connectivity index (χ0) is 12.5. The maximum Gasteiger partial charge on any atom is 0.0698 e. The monoisotopic (exact) mass is 244 g/mol. The van der Waals surface area contributed by atoms with Gasteiger partial charge in [-0.2, -0.15) is 0 Å². The fourth-order valence-corrected chi connectivity index (χ4v) is 2.18. The number of likely N-dealkylation sites (tertiary alicyclic amines) is 1. The number of rotatable bonds is 8. The summed E-state index contributed by atoms with van der Waals surface area (Å²) in [6.07, 6.45) is 2.58. The Bertz CT molecular complexity index is 180. The first-order chi connectivity index (χ1) is 8.22.